The molecule has 1 N–H and O–H groups in total. The van der Waals surface area contributed by atoms with Crippen LogP contribution in [-0.2, 0) is 13.1 Å². The Morgan fingerprint density at radius 3 is 2.15 bits per heavy atom. The minimum Gasteiger partial charge on any atom is -0.319 e. The lowest BCUT2D eigenvalue weighted by atomic mass is 10.1. The van der Waals surface area contributed by atoms with Crippen LogP contribution >= 0.6 is 15.9 Å². The number of anilines is 1. The Morgan fingerprint density at radius 2 is 1.52 bits per heavy atom. The van der Waals surface area contributed by atoms with Crippen LogP contribution in [0.5, 0.6) is 0 Å². The van der Waals surface area contributed by atoms with E-state index < -0.39 is 0 Å². The number of nitrogens with zero attached hydrogens (tertiary/aromatic N) is 4. The second-order valence-electron chi connectivity index (χ2n) is 8.13. The Morgan fingerprint density at radius 1 is 0.909 bits per heavy atom. The predicted octanol–water partition coefficient (Wildman–Crippen LogP) is 5.56. The van der Waals surface area contributed by atoms with E-state index in [-0.39, 0.29) is 11.7 Å². The van der Waals surface area contributed by atoms with E-state index in [0.717, 1.165) is 32.7 Å². The third kappa shape index (κ3) is 4.90. The Labute approximate surface area is 200 Å². The first kappa shape index (κ1) is 22.9. The minimum atomic E-state index is -0.282. The van der Waals surface area contributed by atoms with Gasteiger partial charge in [0.2, 0.25) is 0 Å². The summed E-state index contributed by atoms with van der Waals surface area (Å²) < 4.78 is 18.2. The molecule has 8 heteroatoms. The van der Waals surface area contributed by atoms with E-state index in [0.29, 0.717) is 30.0 Å². The monoisotopic (exact) mass is 509 g/mol. The van der Waals surface area contributed by atoms with Gasteiger partial charge in [0.1, 0.15) is 5.82 Å². The molecular weight excluding hydrogens is 485 g/mol. The number of aryl methyl sites for hydroxylation is 2. The van der Waals surface area contributed by atoms with Crippen molar-refractivity contribution in [2.45, 2.75) is 40.8 Å². The van der Waals surface area contributed by atoms with E-state index in [1.54, 1.807) is 16.8 Å². The number of rotatable bonds is 6. The molecule has 2 aromatic carbocycles. The highest BCUT2D eigenvalue weighted by Crippen LogP contribution is 2.23. The van der Waals surface area contributed by atoms with E-state index in [2.05, 4.69) is 31.4 Å². The van der Waals surface area contributed by atoms with Crippen molar-refractivity contribution < 1.29 is 9.18 Å². The normalized spacial score (nSPS) is 11.1. The Bertz CT molecular complexity index is 1340. The Kier molecular flexibility index (Phi) is 6.47. The highest BCUT2D eigenvalue weighted by Gasteiger charge is 2.16. The zero-order valence-corrected chi connectivity index (χ0v) is 20.6. The van der Waals surface area contributed by atoms with Crippen LogP contribution < -0.4 is 5.32 Å². The smallest absolute Gasteiger partial charge is 0.255 e. The van der Waals surface area contributed by atoms with Crippen LogP contribution in [0.1, 0.15) is 44.3 Å². The van der Waals surface area contributed by atoms with E-state index in [9.17, 15) is 9.18 Å². The number of halogens is 2. The topological polar surface area (TPSA) is 64.7 Å². The summed E-state index contributed by atoms with van der Waals surface area (Å²) in [6, 6.07) is 14.0. The largest absolute Gasteiger partial charge is 0.319 e. The molecule has 4 rings (SSSR count). The van der Waals surface area contributed by atoms with Crippen LogP contribution in [0.3, 0.4) is 0 Å². The van der Waals surface area contributed by atoms with Gasteiger partial charge in [0.05, 0.1) is 46.0 Å². The lowest BCUT2D eigenvalue weighted by molar-refractivity contribution is 0.102. The van der Waals surface area contributed by atoms with Crippen molar-refractivity contribution in [2.24, 2.45) is 0 Å². The molecule has 4 aromatic rings. The molecular formula is C25H25BrFN5O. The minimum absolute atomic E-state index is 0.206. The molecule has 0 atom stereocenters. The first-order chi connectivity index (χ1) is 15.7. The highest BCUT2D eigenvalue weighted by molar-refractivity contribution is 9.10. The van der Waals surface area contributed by atoms with Gasteiger partial charge < -0.3 is 5.32 Å². The fraction of sp³-hybridized carbons (Fsp3) is 0.240. The molecule has 0 saturated heterocycles. The molecule has 0 aliphatic heterocycles. The third-order valence-electron chi connectivity index (χ3n) is 5.66. The first-order valence-corrected chi connectivity index (χ1v) is 11.4. The standard InChI is InChI=1S/C25H25BrFN5O/c1-15-23(26)17(3)31(29-15)13-19-7-5-9-21(11-19)25(33)28-24-16(2)30-32(18(24)4)14-20-8-6-10-22(27)12-20/h5-12H,13-14H2,1-4H3,(H,28,33). The van der Waals surface area contributed by atoms with Crippen molar-refractivity contribution in [1.82, 2.24) is 19.6 Å². The summed E-state index contributed by atoms with van der Waals surface area (Å²) in [5, 5.41) is 12.1. The van der Waals surface area contributed by atoms with Crippen molar-refractivity contribution in [3.63, 3.8) is 0 Å². The maximum absolute atomic E-state index is 13.5. The molecule has 0 fully saturated rings. The predicted molar refractivity (Wildman–Crippen MR) is 130 cm³/mol. The molecule has 0 spiro atoms. The number of hydrogen-bond acceptors (Lipinski definition) is 3. The molecule has 0 aliphatic carbocycles. The molecule has 0 unspecified atom stereocenters. The molecule has 0 bridgehead atoms. The maximum atomic E-state index is 13.5. The van der Waals surface area contributed by atoms with Gasteiger partial charge in [-0.05, 0) is 79.0 Å². The van der Waals surface area contributed by atoms with Gasteiger partial charge in [0.25, 0.3) is 5.91 Å². The summed E-state index contributed by atoms with van der Waals surface area (Å²) in [7, 11) is 0. The number of aromatic nitrogens is 4. The summed E-state index contributed by atoms with van der Waals surface area (Å²) in [6.07, 6.45) is 0. The van der Waals surface area contributed by atoms with Gasteiger partial charge in [0, 0.05) is 5.56 Å². The zero-order chi connectivity index (χ0) is 23.7. The Balaban J connectivity index is 1.52. The SMILES string of the molecule is Cc1nn(Cc2cccc(C(=O)Nc3c(C)nn(Cc4cccc(F)c4)c3C)c2)c(C)c1Br. The summed E-state index contributed by atoms with van der Waals surface area (Å²) in [6.45, 7) is 8.70. The van der Waals surface area contributed by atoms with Gasteiger partial charge in [-0.1, -0.05) is 24.3 Å². The van der Waals surface area contributed by atoms with Crippen LogP contribution in [0.15, 0.2) is 53.0 Å². The van der Waals surface area contributed by atoms with E-state index in [1.807, 2.05) is 56.6 Å². The fourth-order valence-electron chi connectivity index (χ4n) is 3.84. The summed E-state index contributed by atoms with van der Waals surface area (Å²) in [5.41, 5.74) is 6.52. The number of nitrogens with one attached hydrogen (secondary N) is 1. The number of carbonyl (C=O) groups is 1. The van der Waals surface area contributed by atoms with Crippen molar-refractivity contribution in [1.29, 1.82) is 0 Å². The molecule has 6 nitrogen and oxygen atoms in total. The number of amides is 1. The molecule has 0 saturated carbocycles. The zero-order valence-electron chi connectivity index (χ0n) is 19.0. The van der Waals surface area contributed by atoms with Gasteiger partial charge in [-0.15, -0.1) is 0 Å². The molecule has 2 heterocycles. The summed E-state index contributed by atoms with van der Waals surface area (Å²) >= 11 is 3.55. The average Bonchev–Trinajstić information content (AvgIpc) is 3.18. The van der Waals surface area contributed by atoms with Crippen LogP contribution in [-0.4, -0.2) is 25.5 Å². The van der Waals surface area contributed by atoms with Gasteiger partial charge in [-0.3, -0.25) is 14.2 Å². The highest BCUT2D eigenvalue weighted by atomic mass is 79.9. The average molecular weight is 510 g/mol. The van der Waals surface area contributed by atoms with Gasteiger partial charge >= 0.3 is 0 Å². The van der Waals surface area contributed by atoms with Crippen LogP contribution in [0.2, 0.25) is 0 Å². The Hall–Kier alpha value is -3.26. The second kappa shape index (κ2) is 9.31. The first-order valence-electron chi connectivity index (χ1n) is 10.6. The van der Waals surface area contributed by atoms with Gasteiger partial charge in [-0.2, -0.15) is 10.2 Å². The lowest BCUT2D eigenvalue weighted by Crippen LogP contribution is -2.14. The number of benzene rings is 2. The lowest BCUT2D eigenvalue weighted by Gasteiger charge is -2.09. The molecule has 170 valence electrons. The van der Waals surface area contributed by atoms with Crippen molar-refractivity contribution in [3.05, 3.63) is 98.3 Å². The third-order valence-corrected chi connectivity index (χ3v) is 6.80. The summed E-state index contributed by atoms with van der Waals surface area (Å²) in [5.74, 6) is -0.488. The van der Waals surface area contributed by atoms with Gasteiger partial charge in [-0.25, -0.2) is 4.39 Å². The van der Waals surface area contributed by atoms with Crippen LogP contribution in [0.25, 0.3) is 0 Å². The molecule has 0 radical (unpaired) electrons. The van der Waals surface area contributed by atoms with E-state index in [1.165, 1.54) is 12.1 Å². The maximum Gasteiger partial charge on any atom is 0.255 e. The molecule has 1 amide bonds. The molecule has 0 aliphatic rings. The van der Waals surface area contributed by atoms with E-state index in [4.69, 9.17) is 0 Å². The fourth-order valence-corrected chi connectivity index (χ4v) is 4.12. The molecule has 2 aromatic heterocycles. The molecule has 33 heavy (non-hydrogen) atoms. The number of hydrogen-bond donors (Lipinski definition) is 1. The number of carbonyl (C=O) groups excluding carboxylic acids is 1. The quantitative estimate of drug-likeness (QED) is 0.369. The van der Waals surface area contributed by atoms with Crippen molar-refractivity contribution in [3.8, 4) is 0 Å². The summed E-state index contributed by atoms with van der Waals surface area (Å²) in [4.78, 5) is 13.0. The van der Waals surface area contributed by atoms with E-state index >= 15 is 0 Å². The van der Waals surface area contributed by atoms with Crippen LogP contribution in [0.4, 0.5) is 10.1 Å². The van der Waals surface area contributed by atoms with Crippen LogP contribution in [0, 0.1) is 33.5 Å². The van der Waals surface area contributed by atoms with Gasteiger partial charge in [0.15, 0.2) is 0 Å². The van der Waals surface area contributed by atoms with Crippen molar-refractivity contribution >= 4 is 27.5 Å². The second-order valence-corrected chi connectivity index (χ2v) is 8.92. The van der Waals surface area contributed by atoms with Crippen molar-refractivity contribution in [2.75, 3.05) is 5.32 Å².